The highest BCUT2D eigenvalue weighted by molar-refractivity contribution is 6.21. The van der Waals surface area contributed by atoms with Gasteiger partial charge < -0.3 is 10.1 Å². The van der Waals surface area contributed by atoms with E-state index >= 15 is 0 Å². The average Bonchev–Trinajstić information content (AvgIpc) is 3.18. The first-order valence-corrected chi connectivity index (χ1v) is 8.23. The van der Waals surface area contributed by atoms with Crippen LogP contribution in [-0.4, -0.2) is 43.1 Å². The molecule has 0 fully saturated rings. The van der Waals surface area contributed by atoms with Crippen LogP contribution in [0.1, 0.15) is 21.9 Å². The summed E-state index contributed by atoms with van der Waals surface area (Å²) in [4.78, 5) is 16.4. The zero-order valence-electron chi connectivity index (χ0n) is 14.5. The number of alkyl halides is 6. The summed E-state index contributed by atoms with van der Waals surface area (Å²) in [5.41, 5.74) is -0.516. The molecular weight excluding hydrogens is 427 g/mol. The summed E-state index contributed by atoms with van der Waals surface area (Å²) >= 11 is 5.08. The average molecular weight is 439 g/mol. The molecule has 0 saturated heterocycles. The van der Waals surface area contributed by atoms with Crippen molar-refractivity contribution in [1.82, 2.24) is 24.4 Å². The van der Waals surface area contributed by atoms with Gasteiger partial charge in [-0.15, -0.1) is 0 Å². The first-order chi connectivity index (χ1) is 13.4. The molecule has 3 heterocycles. The van der Waals surface area contributed by atoms with E-state index in [1.165, 1.54) is 25.4 Å². The number of hydrogen-bond acceptors (Lipinski definition) is 5. The van der Waals surface area contributed by atoms with Gasteiger partial charge in [-0.3, -0.25) is 4.79 Å². The largest absolute Gasteiger partial charge is 0.411 e. The summed E-state index contributed by atoms with van der Waals surface area (Å²) in [6.07, 6.45) is -2.07. The Balaban J connectivity index is 1.74. The fourth-order valence-corrected chi connectivity index (χ4v) is 2.50. The number of nitrogens with one attached hydrogen (secondary N) is 1. The molecule has 1 amide bonds. The number of anilines is 1. The number of fused-ring (bicyclic) bond motifs is 1. The van der Waals surface area contributed by atoms with Crippen LogP contribution in [0.15, 0.2) is 24.5 Å². The molecule has 3 aromatic heterocycles. The molecule has 14 heteroatoms. The normalized spacial score (nSPS) is 12.5. The molecule has 8 nitrogen and oxygen atoms in total. The number of ether oxygens (including phenoxy) is 1. The maximum atomic E-state index is 13.6. The highest BCUT2D eigenvalue weighted by Crippen LogP contribution is 2.32. The van der Waals surface area contributed by atoms with E-state index in [9.17, 15) is 26.7 Å². The molecule has 3 rings (SSSR count). The van der Waals surface area contributed by atoms with E-state index < -0.39 is 36.5 Å². The van der Waals surface area contributed by atoms with Gasteiger partial charge in [0.15, 0.2) is 11.3 Å². The Bertz CT molecular complexity index is 1040. The summed E-state index contributed by atoms with van der Waals surface area (Å²) in [6, 6.07) is 2.23. The highest BCUT2D eigenvalue weighted by atomic mass is 35.5. The fraction of sp³-hybridized carbons (Fsp3) is 0.333. The van der Waals surface area contributed by atoms with Crippen LogP contribution in [0, 0.1) is 6.92 Å². The van der Waals surface area contributed by atoms with E-state index in [0.717, 1.165) is 15.3 Å². The fourth-order valence-electron chi connectivity index (χ4n) is 2.36. The minimum atomic E-state index is -4.47. The Labute approximate surface area is 164 Å². The molecule has 1 N–H and O–H groups in total. The number of aryl methyl sites for hydroxylation is 1. The molecule has 3 aromatic rings. The zero-order chi connectivity index (χ0) is 21.4. The van der Waals surface area contributed by atoms with E-state index in [4.69, 9.17) is 11.6 Å². The van der Waals surface area contributed by atoms with Crippen LogP contribution in [0.2, 0.25) is 0 Å². The number of amides is 1. The van der Waals surface area contributed by atoms with E-state index in [2.05, 4.69) is 25.2 Å². The van der Waals surface area contributed by atoms with Crippen molar-refractivity contribution in [3.8, 4) is 0 Å². The molecule has 0 atom stereocenters. The number of carbonyl (C=O) groups excluding carboxylic acids is 1. The lowest BCUT2D eigenvalue weighted by Crippen LogP contribution is -2.18. The van der Waals surface area contributed by atoms with Crippen molar-refractivity contribution in [2.24, 2.45) is 0 Å². The van der Waals surface area contributed by atoms with Gasteiger partial charge in [0.2, 0.25) is 0 Å². The first kappa shape index (κ1) is 20.9. The molecule has 0 saturated carbocycles. The van der Waals surface area contributed by atoms with E-state index in [1.807, 2.05) is 0 Å². The molecule has 29 heavy (non-hydrogen) atoms. The minimum absolute atomic E-state index is 0.0123. The summed E-state index contributed by atoms with van der Waals surface area (Å²) in [5, 5.41) is 6.20. The van der Waals surface area contributed by atoms with Crippen molar-refractivity contribution in [3.63, 3.8) is 0 Å². The SMILES string of the molecule is Cc1cc(C(F)(F)Cl)n2nc(C(=O)Nc3cnn(COCC(F)(F)F)c3)cc2n1. The van der Waals surface area contributed by atoms with Gasteiger partial charge in [-0.2, -0.15) is 32.1 Å². The molecule has 0 aromatic carbocycles. The molecular formula is C15H12ClF5N6O2. The van der Waals surface area contributed by atoms with Gasteiger partial charge in [-0.25, -0.2) is 14.2 Å². The Morgan fingerprint density at radius 2 is 2.00 bits per heavy atom. The lowest BCUT2D eigenvalue weighted by molar-refractivity contribution is -0.182. The van der Waals surface area contributed by atoms with Gasteiger partial charge in [0.05, 0.1) is 18.1 Å². The van der Waals surface area contributed by atoms with Gasteiger partial charge in [0, 0.05) is 11.8 Å². The lowest BCUT2D eigenvalue weighted by Gasteiger charge is -2.10. The third kappa shape index (κ3) is 5.17. The number of rotatable bonds is 6. The standard InChI is InChI=1S/C15H12ClF5N6O2/c1-8-2-11(15(16,20)21)27-12(23-8)3-10(25-27)13(28)24-9-4-22-26(5-9)7-29-6-14(17,18)19/h2-5H,6-7H2,1H3,(H,24,28). The van der Waals surface area contributed by atoms with Crippen LogP contribution in [0.5, 0.6) is 0 Å². The first-order valence-electron chi connectivity index (χ1n) is 7.85. The third-order valence-corrected chi connectivity index (χ3v) is 3.65. The maximum absolute atomic E-state index is 13.6. The van der Waals surface area contributed by atoms with Gasteiger partial charge in [-0.1, -0.05) is 0 Å². The van der Waals surface area contributed by atoms with Crippen molar-refractivity contribution in [2.45, 2.75) is 25.2 Å². The van der Waals surface area contributed by atoms with Crippen molar-refractivity contribution < 1.29 is 31.5 Å². The second kappa shape index (κ2) is 7.55. The van der Waals surface area contributed by atoms with Gasteiger partial charge in [0.1, 0.15) is 19.0 Å². The van der Waals surface area contributed by atoms with Crippen molar-refractivity contribution in [1.29, 1.82) is 0 Å². The predicted molar refractivity (Wildman–Crippen MR) is 89.7 cm³/mol. The van der Waals surface area contributed by atoms with Crippen molar-refractivity contribution >= 4 is 28.8 Å². The van der Waals surface area contributed by atoms with Gasteiger partial charge in [0.25, 0.3) is 5.91 Å². The summed E-state index contributed by atoms with van der Waals surface area (Å²) < 4.78 is 69.6. The lowest BCUT2D eigenvalue weighted by atomic mass is 10.3. The molecule has 0 spiro atoms. The third-order valence-electron chi connectivity index (χ3n) is 3.46. The summed E-state index contributed by atoms with van der Waals surface area (Å²) in [7, 11) is 0. The summed E-state index contributed by atoms with van der Waals surface area (Å²) in [6.45, 7) is -0.453. The minimum Gasteiger partial charge on any atom is -0.350 e. The second-order valence-electron chi connectivity index (χ2n) is 5.90. The van der Waals surface area contributed by atoms with Crippen LogP contribution in [0.25, 0.3) is 5.65 Å². The zero-order valence-corrected chi connectivity index (χ0v) is 15.3. The van der Waals surface area contributed by atoms with E-state index in [0.29, 0.717) is 0 Å². The monoisotopic (exact) mass is 438 g/mol. The number of carbonyl (C=O) groups is 1. The van der Waals surface area contributed by atoms with Crippen molar-refractivity contribution in [2.75, 3.05) is 11.9 Å². The van der Waals surface area contributed by atoms with Crippen LogP contribution in [0.4, 0.5) is 27.6 Å². The molecule has 156 valence electrons. The number of nitrogens with zero attached hydrogens (tertiary/aromatic N) is 5. The highest BCUT2D eigenvalue weighted by Gasteiger charge is 2.33. The molecule has 0 bridgehead atoms. The van der Waals surface area contributed by atoms with Gasteiger partial charge in [-0.05, 0) is 24.6 Å². The predicted octanol–water partition coefficient (Wildman–Crippen LogP) is 3.31. The molecule has 0 aliphatic carbocycles. The number of aromatic nitrogens is 5. The van der Waals surface area contributed by atoms with Crippen LogP contribution in [-0.2, 0) is 16.8 Å². The molecule has 0 aliphatic rings. The topological polar surface area (TPSA) is 86.3 Å². The maximum Gasteiger partial charge on any atom is 0.411 e. The van der Waals surface area contributed by atoms with E-state index in [1.54, 1.807) is 0 Å². The van der Waals surface area contributed by atoms with Crippen LogP contribution < -0.4 is 5.32 Å². The van der Waals surface area contributed by atoms with Crippen molar-refractivity contribution in [3.05, 3.63) is 41.6 Å². The number of hydrogen-bond donors (Lipinski definition) is 1. The Morgan fingerprint density at radius 3 is 2.66 bits per heavy atom. The number of halogens is 6. The molecule has 0 aliphatic heterocycles. The Hall–Kier alpha value is -2.80. The van der Waals surface area contributed by atoms with E-state index in [-0.39, 0.29) is 22.7 Å². The van der Waals surface area contributed by atoms with Crippen LogP contribution in [0.3, 0.4) is 0 Å². The quantitative estimate of drug-likeness (QED) is 0.471. The Morgan fingerprint density at radius 1 is 1.28 bits per heavy atom. The Kier molecular flexibility index (Phi) is 5.45. The van der Waals surface area contributed by atoms with Gasteiger partial charge >= 0.3 is 11.6 Å². The smallest absolute Gasteiger partial charge is 0.350 e. The second-order valence-corrected chi connectivity index (χ2v) is 6.37. The van der Waals surface area contributed by atoms with Crippen LogP contribution >= 0.6 is 11.6 Å². The summed E-state index contributed by atoms with van der Waals surface area (Å²) in [5.74, 6) is -0.771. The molecule has 0 unspecified atom stereocenters. The molecule has 0 radical (unpaired) electrons.